The summed E-state index contributed by atoms with van der Waals surface area (Å²) in [5.74, 6) is 1.11. The van der Waals surface area contributed by atoms with Crippen LogP contribution in [0.3, 0.4) is 0 Å². The van der Waals surface area contributed by atoms with Crippen molar-refractivity contribution in [2.24, 2.45) is 11.8 Å². The van der Waals surface area contributed by atoms with E-state index < -0.39 is 0 Å². The van der Waals surface area contributed by atoms with Gasteiger partial charge in [-0.25, -0.2) is 0 Å². The van der Waals surface area contributed by atoms with E-state index in [1.807, 2.05) is 12.1 Å². The third-order valence-electron chi connectivity index (χ3n) is 4.88. The molecule has 0 atom stereocenters. The standard InChI is InChI=1S/C22H30O5/c1-2-25-15-5-3-4-6-16-26-20-11-13-21(14-12-20)27-22(24)19-9-7-18(17-23)8-10-19/h2,11-14,17-19H,1,3-10,15-16H2. The maximum Gasteiger partial charge on any atom is 0.314 e. The molecule has 0 spiro atoms. The molecule has 1 aromatic carbocycles. The van der Waals surface area contributed by atoms with Crippen molar-refractivity contribution in [1.29, 1.82) is 0 Å². The molecule has 1 aliphatic rings. The molecule has 0 unspecified atom stereocenters. The van der Waals surface area contributed by atoms with Crippen LogP contribution in [-0.4, -0.2) is 25.5 Å². The molecule has 0 amide bonds. The summed E-state index contributed by atoms with van der Waals surface area (Å²) in [5.41, 5.74) is 0. The molecule has 1 aromatic rings. The topological polar surface area (TPSA) is 61.8 Å². The molecule has 5 heteroatoms. The van der Waals surface area contributed by atoms with Crippen molar-refractivity contribution >= 4 is 12.3 Å². The van der Waals surface area contributed by atoms with E-state index in [2.05, 4.69) is 6.58 Å². The highest BCUT2D eigenvalue weighted by atomic mass is 16.5. The zero-order valence-corrected chi connectivity index (χ0v) is 15.9. The maximum absolute atomic E-state index is 12.2. The largest absolute Gasteiger partial charge is 0.502 e. The summed E-state index contributed by atoms with van der Waals surface area (Å²) in [6, 6.07) is 7.17. The smallest absolute Gasteiger partial charge is 0.314 e. The van der Waals surface area contributed by atoms with Crippen LogP contribution < -0.4 is 9.47 Å². The molecule has 2 rings (SSSR count). The fraction of sp³-hybridized carbons (Fsp3) is 0.545. The van der Waals surface area contributed by atoms with Gasteiger partial charge in [0.15, 0.2) is 0 Å². The first-order valence-electron chi connectivity index (χ1n) is 9.85. The van der Waals surface area contributed by atoms with Gasteiger partial charge in [0.2, 0.25) is 0 Å². The Balaban J connectivity index is 1.62. The second-order valence-electron chi connectivity index (χ2n) is 6.94. The first kappa shape index (κ1) is 21.0. The third-order valence-corrected chi connectivity index (χ3v) is 4.88. The summed E-state index contributed by atoms with van der Waals surface area (Å²) >= 11 is 0. The Labute approximate surface area is 161 Å². The molecule has 148 valence electrons. The van der Waals surface area contributed by atoms with Crippen molar-refractivity contribution < 1.29 is 23.8 Å². The quantitative estimate of drug-likeness (QED) is 0.174. The number of rotatable bonds is 12. The Morgan fingerprint density at radius 2 is 1.59 bits per heavy atom. The van der Waals surface area contributed by atoms with E-state index in [0.29, 0.717) is 12.4 Å². The zero-order chi connectivity index (χ0) is 19.3. The molecule has 0 N–H and O–H groups in total. The number of esters is 1. The molecule has 0 heterocycles. The summed E-state index contributed by atoms with van der Waals surface area (Å²) in [5, 5.41) is 0. The van der Waals surface area contributed by atoms with Crippen LogP contribution in [0.5, 0.6) is 11.5 Å². The average Bonchev–Trinajstić information content (AvgIpc) is 2.71. The highest BCUT2D eigenvalue weighted by Gasteiger charge is 2.27. The predicted octanol–water partition coefficient (Wildman–Crippen LogP) is 4.70. The SMILES string of the molecule is C=COCCCCCCOc1ccc(OC(=O)C2CCC(C=O)CC2)cc1. The summed E-state index contributed by atoms with van der Waals surface area (Å²) < 4.78 is 16.3. The van der Waals surface area contributed by atoms with Gasteiger partial charge < -0.3 is 19.0 Å². The normalized spacial score (nSPS) is 19.1. The minimum Gasteiger partial charge on any atom is -0.502 e. The zero-order valence-electron chi connectivity index (χ0n) is 15.9. The molecule has 0 aliphatic heterocycles. The molecule has 1 saturated carbocycles. The molecular formula is C22H30O5. The van der Waals surface area contributed by atoms with Gasteiger partial charge in [0, 0.05) is 5.92 Å². The molecule has 0 saturated heterocycles. The van der Waals surface area contributed by atoms with E-state index in [4.69, 9.17) is 14.2 Å². The summed E-state index contributed by atoms with van der Waals surface area (Å²) in [6.07, 6.45) is 9.71. The van der Waals surface area contributed by atoms with Crippen LogP contribution in [0.25, 0.3) is 0 Å². The first-order chi connectivity index (χ1) is 13.2. The Kier molecular flexibility index (Phi) is 9.45. The summed E-state index contributed by atoms with van der Waals surface area (Å²) in [4.78, 5) is 23.0. The van der Waals surface area contributed by atoms with Gasteiger partial charge in [-0.2, -0.15) is 0 Å². The highest BCUT2D eigenvalue weighted by molar-refractivity contribution is 5.75. The number of unbranched alkanes of at least 4 members (excludes halogenated alkanes) is 3. The minimum atomic E-state index is -0.201. The maximum atomic E-state index is 12.2. The lowest BCUT2D eigenvalue weighted by molar-refractivity contribution is -0.140. The molecule has 27 heavy (non-hydrogen) atoms. The van der Waals surface area contributed by atoms with Crippen LogP contribution >= 0.6 is 0 Å². The second-order valence-corrected chi connectivity index (χ2v) is 6.94. The van der Waals surface area contributed by atoms with Crippen LogP contribution in [0.2, 0.25) is 0 Å². The molecular weight excluding hydrogens is 344 g/mol. The van der Waals surface area contributed by atoms with Gasteiger partial charge in [0.1, 0.15) is 17.8 Å². The van der Waals surface area contributed by atoms with Crippen LogP contribution in [0, 0.1) is 11.8 Å². The van der Waals surface area contributed by atoms with Crippen molar-refractivity contribution in [2.75, 3.05) is 13.2 Å². The monoisotopic (exact) mass is 374 g/mol. The predicted molar refractivity (Wildman–Crippen MR) is 104 cm³/mol. The van der Waals surface area contributed by atoms with Gasteiger partial charge >= 0.3 is 5.97 Å². The summed E-state index contributed by atoms with van der Waals surface area (Å²) in [6.45, 7) is 4.90. The van der Waals surface area contributed by atoms with Gasteiger partial charge in [-0.15, -0.1) is 0 Å². The number of hydrogen-bond acceptors (Lipinski definition) is 5. The molecule has 5 nitrogen and oxygen atoms in total. The Bertz CT molecular complexity index is 573. The number of benzene rings is 1. The number of ether oxygens (including phenoxy) is 3. The fourth-order valence-electron chi connectivity index (χ4n) is 3.21. The molecule has 0 bridgehead atoms. The van der Waals surface area contributed by atoms with E-state index in [1.165, 1.54) is 6.26 Å². The fourth-order valence-corrected chi connectivity index (χ4v) is 3.21. The van der Waals surface area contributed by atoms with Gasteiger partial charge in [0.25, 0.3) is 0 Å². The van der Waals surface area contributed by atoms with Crippen molar-refractivity contribution in [3.05, 3.63) is 37.1 Å². The number of carbonyl (C=O) groups is 2. The lowest BCUT2D eigenvalue weighted by Gasteiger charge is -2.23. The van der Waals surface area contributed by atoms with E-state index in [1.54, 1.807) is 12.1 Å². The van der Waals surface area contributed by atoms with Crippen LogP contribution in [0.4, 0.5) is 0 Å². The van der Waals surface area contributed by atoms with Crippen LogP contribution in [0.1, 0.15) is 51.4 Å². The van der Waals surface area contributed by atoms with Gasteiger partial charge in [-0.1, -0.05) is 6.58 Å². The Morgan fingerprint density at radius 3 is 2.22 bits per heavy atom. The number of carbonyl (C=O) groups excluding carboxylic acids is 2. The van der Waals surface area contributed by atoms with Crippen molar-refractivity contribution in [3.8, 4) is 11.5 Å². The van der Waals surface area contributed by atoms with Crippen molar-refractivity contribution in [3.63, 3.8) is 0 Å². The lowest BCUT2D eigenvalue weighted by atomic mass is 9.83. The second kappa shape index (κ2) is 12.2. The van der Waals surface area contributed by atoms with Gasteiger partial charge in [0.05, 0.1) is 25.4 Å². The van der Waals surface area contributed by atoms with Gasteiger partial charge in [-0.05, 0) is 75.6 Å². The van der Waals surface area contributed by atoms with E-state index >= 15 is 0 Å². The number of aldehydes is 1. The van der Waals surface area contributed by atoms with Crippen molar-refractivity contribution in [2.45, 2.75) is 51.4 Å². The first-order valence-corrected chi connectivity index (χ1v) is 9.85. The molecule has 1 aliphatic carbocycles. The van der Waals surface area contributed by atoms with E-state index in [9.17, 15) is 9.59 Å². The average molecular weight is 374 g/mol. The van der Waals surface area contributed by atoms with Crippen LogP contribution in [-0.2, 0) is 14.3 Å². The van der Waals surface area contributed by atoms with E-state index in [-0.39, 0.29) is 17.8 Å². The molecule has 0 radical (unpaired) electrons. The third kappa shape index (κ3) is 7.85. The van der Waals surface area contributed by atoms with Crippen molar-refractivity contribution in [1.82, 2.24) is 0 Å². The van der Waals surface area contributed by atoms with Gasteiger partial charge in [-0.3, -0.25) is 4.79 Å². The Hall–Kier alpha value is -2.30. The molecule has 0 aromatic heterocycles. The Morgan fingerprint density at radius 1 is 0.963 bits per heavy atom. The highest BCUT2D eigenvalue weighted by Crippen LogP contribution is 2.29. The summed E-state index contributed by atoms with van der Waals surface area (Å²) in [7, 11) is 0. The minimum absolute atomic E-state index is 0.103. The van der Waals surface area contributed by atoms with E-state index in [0.717, 1.165) is 70.0 Å². The number of hydrogen-bond donors (Lipinski definition) is 0. The van der Waals surface area contributed by atoms with Crippen LogP contribution in [0.15, 0.2) is 37.1 Å². The molecule has 1 fully saturated rings. The lowest BCUT2D eigenvalue weighted by Crippen LogP contribution is -2.26.